The molecule has 1 aliphatic heterocycles. The van der Waals surface area contributed by atoms with Crippen molar-refractivity contribution in [3.63, 3.8) is 0 Å². The van der Waals surface area contributed by atoms with Crippen molar-refractivity contribution in [2.75, 3.05) is 11.1 Å². The summed E-state index contributed by atoms with van der Waals surface area (Å²) < 4.78 is 11.5. The van der Waals surface area contributed by atoms with Gasteiger partial charge in [0.2, 0.25) is 5.91 Å². The zero-order valence-corrected chi connectivity index (χ0v) is 7.93. The highest BCUT2D eigenvalue weighted by atomic mass is 32.2. The van der Waals surface area contributed by atoms with Crippen molar-refractivity contribution in [3.05, 3.63) is 23.8 Å². The van der Waals surface area contributed by atoms with Crippen LogP contribution in [0.15, 0.2) is 23.1 Å². The summed E-state index contributed by atoms with van der Waals surface area (Å²) in [5, 5.41) is 11.3. The maximum absolute atomic E-state index is 11.5. The Kier molecular flexibility index (Phi) is 2.06. The zero-order valence-electron chi connectivity index (χ0n) is 7.11. The van der Waals surface area contributed by atoms with Gasteiger partial charge in [0.15, 0.2) is 0 Å². The molecular weight excluding hydrogens is 200 g/mol. The first kappa shape index (κ1) is 8.91. The van der Waals surface area contributed by atoms with Gasteiger partial charge in [-0.2, -0.15) is 5.26 Å². The first-order valence-electron chi connectivity index (χ1n) is 3.93. The molecule has 0 bridgehead atoms. The number of hydrogen-bond acceptors (Lipinski definition) is 3. The van der Waals surface area contributed by atoms with Crippen molar-refractivity contribution in [1.29, 1.82) is 5.26 Å². The predicted octanol–water partition coefficient (Wildman–Crippen LogP) is 0.618. The van der Waals surface area contributed by atoms with Crippen molar-refractivity contribution >= 4 is 22.4 Å². The highest BCUT2D eigenvalue weighted by Crippen LogP contribution is 2.27. The fourth-order valence-electron chi connectivity index (χ4n) is 1.32. The molecule has 0 aliphatic carbocycles. The van der Waals surface area contributed by atoms with E-state index in [-0.39, 0.29) is 11.7 Å². The molecule has 0 aromatic heterocycles. The van der Waals surface area contributed by atoms with Crippen molar-refractivity contribution in [2.45, 2.75) is 4.90 Å². The van der Waals surface area contributed by atoms with Gasteiger partial charge >= 0.3 is 0 Å². The fourth-order valence-corrected chi connectivity index (χ4v) is 2.40. The van der Waals surface area contributed by atoms with E-state index in [0.29, 0.717) is 16.1 Å². The monoisotopic (exact) mass is 206 g/mol. The normalized spacial score (nSPS) is 19.4. The summed E-state index contributed by atoms with van der Waals surface area (Å²) in [5.74, 6) is -0.333. The highest BCUT2D eigenvalue weighted by Gasteiger charge is 2.23. The Labute approximate surface area is 83.0 Å². The fraction of sp³-hybridized carbons (Fsp3) is 0.111. The van der Waals surface area contributed by atoms with Gasteiger partial charge in [-0.05, 0) is 12.1 Å². The van der Waals surface area contributed by atoms with Gasteiger partial charge in [0, 0.05) is 0 Å². The van der Waals surface area contributed by atoms with Gasteiger partial charge in [0.25, 0.3) is 0 Å². The van der Waals surface area contributed by atoms with Crippen LogP contribution in [-0.2, 0) is 15.6 Å². The Morgan fingerprint density at radius 2 is 2.29 bits per heavy atom. The topological polar surface area (TPSA) is 70.0 Å². The Hall–Kier alpha value is -1.67. The molecule has 5 heteroatoms. The lowest BCUT2D eigenvalue weighted by Gasteiger charge is -2.16. The molecule has 1 heterocycles. The Bertz CT molecular complexity index is 476. The summed E-state index contributed by atoms with van der Waals surface area (Å²) >= 11 is 0. The van der Waals surface area contributed by atoms with Crippen LogP contribution in [0.1, 0.15) is 5.56 Å². The number of nitrogens with zero attached hydrogens (tertiary/aromatic N) is 1. The second-order valence-electron chi connectivity index (χ2n) is 2.83. The average Bonchev–Trinajstić information content (AvgIpc) is 2.17. The van der Waals surface area contributed by atoms with Gasteiger partial charge in [0.1, 0.15) is 11.8 Å². The van der Waals surface area contributed by atoms with Gasteiger partial charge in [-0.1, -0.05) is 6.07 Å². The molecule has 4 nitrogen and oxygen atoms in total. The zero-order chi connectivity index (χ0) is 10.1. The summed E-state index contributed by atoms with van der Waals surface area (Å²) in [6.07, 6.45) is 0. The molecule has 1 aliphatic rings. The standard InChI is InChI=1S/C9H6N2O2S/c10-4-6-2-1-3-7-9(6)11-8(12)5-14(7)13/h1-3H,5H2,(H,11,12). The Morgan fingerprint density at radius 3 is 3.00 bits per heavy atom. The lowest BCUT2D eigenvalue weighted by Crippen LogP contribution is -2.26. The molecule has 1 aromatic carbocycles. The van der Waals surface area contributed by atoms with Crippen LogP contribution in [0.25, 0.3) is 0 Å². The van der Waals surface area contributed by atoms with Gasteiger partial charge in [-0.3, -0.25) is 9.00 Å². The summed E-state index contributed by atoms with van der Waals surface area (Å²) in [5.41, 5.74) is 0.744. The van der Waals surface area contributed by atoms with Crippen LogP contribution in [0.4, 0.5) is 5.69 Å². The minimum absolute atomic E-state index is 0.0259. The maximum Gasteiger partial charge on any atom is 0.237 e. The number of rotatable bonds is 0. The molecule has 0 saturated carbocycles. The van der Waals surface area contributed by atoms with Crippen LogP contribution in [-0.4, -0.2) is 15.9 Å². The maximum atomic E-state index is 11.5. The molecule has 0 saturated heterocycles. The first-order chi connectivity index (χ1) is 6.72. The van der Waals surface area contributed by atoms with Crippen molar-refractivity contribution < 1.29 is 9.00 Å². The number of para-hydroxylation sites is 1. The average molecular weight is 206 g/mol. The molecule has 1 atom stereocenters. The van der Waals surface area contributed by atoms with Crippen molar-refractivity contribution in [1.82, 2.24) is 0 Å². The summed E-state index contributed by atoms with van der Waals surface area (Å²) in [4.78, 5) is 11.6. The first-order valence-corrected chi connectivity index (χ1v) is 5.25. The number of amides is 1. The SMILES string of the molecule is N#Cc1cccc2c1NC(=O)CS2=O. The second-order valence-corrected chi connectivity index (χ2v) is 4.25. The summed E-state index contributed by atoms with van der Waals surface area (Å²) in [6.45, 7) is 0. The molecule has 1 N–H and O–H groups in total. The number of nitriles is 1. The van der Waals surface area contributed by atoms with E-state index in [0.717, 1.165) is 0 Å². The van der Waals surface area contributed by atoms with Gasteiger partial charge < -0.3 is 5.32 Å². The van der Waals surface area contributed by atoms with E-state index in [2.05, 4.69) is 5.32 Å². The van der Waals surface area contributed by atoms with E-state index in [1.165, 1.54) is 0 Å². The lowest BCUT2D eigenvalue weighted by atomic mass is 10.2. The van der Waals surface area contributed by atoms with E-state index in [1.54, 1.807) is 18.2 Å². The number of nitrogens with one attached hydrogen (secondary N) is 1. The van der Waals surface area contributed by atoms with Crippen molar-refractivity contribution in [2.24, 2.45) is 0 Å². The van der Waals surface area contributed by atoms with Gasteiger partial charge in [-0.25, -0.2) is 0 Å². The number of anilines is 1. The molecule has 1 unspecified atom stereocenters. The van der Waals surface area contributed by atoms with E-state index in [1.807, 2.05) is 6.07 Å². The minimum atomic E-state index is -1.32. The van der Waals surface area contributed by atoms with E-state index < -0.39 is 10.8 Å². The third-order valence-corrected chi connectivity index (χ3v) is 3.27. The molecule has 0 fully saturated rings. The minimum Gasteiger partial charge on any atom is -0.323 e. The van der Waals surface area contributed by atoms with Crippen LogP contribution in [0, 0.1) is 11.3 Å². The van der Waals surface area contributed by atoms with Crippen LogP contribution in [0.2, 0.25) is 0 Å². The lowest BCUT2D eigenvalue weighted by molar-refractivity contribution is -0.113. The van der Waals surface area contributed by atoms with Crippen LogP contribution in [0.5, 0.6) is 0 Å². The predicted molar refractivity (Wildman–Crippen MR) is 51.1 cm³/mol. The summed E-state index contributed by atoms with van der Waals surface area (Å²) in [7, 11) is -1.32. The molecule has 1 aromatic rings. The third kappa shape index (κ3) is 1.30. The Balaban J connectivity index is 2.65. The molecule has 0 radical (unpaired) electrons. The van der Waals surface area contributed by atoms with Crippen LogP contribution < -0.4 is 5.32 Å². The molecule has 1 amide bonds. The highest BCUT2D eigenvalue weighted by molar-refractivity contribution is 7.86. The quantitative estimate of drug-likeness (QED) is 0.676. The van der Waals surface area contributed by atoms with Crippen molar-refractivity contribution in [3.8, 4) is 6.07 Å². The van der Waals surface area contributed by atoms with E-state index in [9.17, 15) is 9.00 Å². The van der Waals surface area contributed by atoms with E-state index in [4.69, 9.17) is 5.26 Å². The number of fused-ring (bicyclic) bond motifs is 1. The smallest absolute Gasteiger partial charge is 0.237 e. The van der Waals surface area contributed by atoms with Gasteiger partial charge in [-0.15, -0.1) is 0 Å². The number of carbonyl (C=O) groups is 1. The van der Waals surface area contributed by atoms with Gasteiger partial charge in [0.05, 0.1) is 26.9 Å². The molecule has 14 heavy (non-hydrogen) atoms. The second kappa shape index (κ2) is 3.24. The van der Waals surface area contributed by atoms with Crippen LogP contribution >= 0.6 is 0 Å². The third-order valence-electron chi connectivity index (χ3n) is 1.92. The number of hydrogen-bond donors (Lipinski definition) is 1. The molecule has 70 valence electrons. The molecule has 0 spiro atoms. The Morgan fingerprint density at radius 1 is 1.50 bits per heavy atom. The number of carbonyl (C=O) groups excluding carboxylic acids is 1. The van der Waals surface area contributed by atoms with E-state index >= 15 is 0 Å². The molecule has 2 rings (SSSR count). The largest absolute Gasteiger partial charge is 0.323 e. The molecular formula is C9H6N2O2S. The van der Waals surface area contributed by atoms with Crippen LogP contribution in [0.3, 0.4) is 0 Å². The number of benzene rings is 1. The summed E-state index contributed by atoms with van der Waals surface area (Å²) in [6, 6.07) is 6.85.